The molecule has 1 aliphatic carbocycles. The normalized spacial score (nSPS) is 17.8. The topological polar surface area (TPSA) is 35.0 Å². The lowest BCUT2D eigenvalue weighted by Crippen LogP contribution is -2.15. The third kappa shape index (κ3) is 11.0. The van der Waals surface area contributed by atoms with Crippen LogP contribution in [0.15, 0.2) is 36.7 Å². The van der Waals surface area contributed by atoms with Gasteiger partial charge in [-0.15, -0.1) is 0 Å². The van der Waals surface area contributed by atoms with Gasteiger partial charge in [-0.3, -0.25) is 0 Å². The molecule has 0 spiro atoms. The Balaban J connectivity index is 1.24. The van der Waals surface area contributed by atoms with Crippen molar-refractivity contribution in [3.05, 3.63) is 42.2 Å². The van der Waals surface area contributed by atoms with E-state index < -0.39 is 0 Å². The molecule has 1 saturated carbocycles. The van der Waals surface area contributed by atoms with Crippen LogP contribution in [0.25, 0.3) is 11.4 Å². The molecule has 0 aliphatic heterocycles. The minimum absolute atomic E-state index is 0.795. The number of hydrogen-bond acceptors (Lipinski definition) is 3. The summed E-state index contributed by atoms with van der Waals surface area (Å²) in [5.74, 6) is 3.67. The van der Waals surface area contributed by atoms with E-state index in [2.05, 4.69) is 48.1 Å². The van der Waals surface area contributed by atoms with Crippen LogP contribution >= 0.6 is 0 Å². The molecular formula is C33H52N2O. The van der Waals surface area contributed by atoms with Crippen LogP contribution in [0.4, 0.5) is 0 Å². The molecule has 200 valence electrons. The fraction of sp³-hybridized carbons (Fsp3) is 0.697. The molecule has 0 atom stereocenters. The molecule has 1 fully saturated rings. The number of rotatable bonds is 18. The Kier molecular flexibility index (Phi) is 14.0. The van der Waals surface area contributed by atoms with Crippen LogP contribution in [-0.4, -0.2) is 16.6 Å². The van der Waals surface area contributed by atoms with Crippen molar-refractivity contribution < 1.29 is 4.74 Å². The van der Waals surface area contributed by atoms with Gasteiger partial charge in [0.05, 0.1) is 6.61 Å². The lowest BCUT2D eigenvalue weighted by atomic mass is 9.78. The average Bonchev–Trinajstić information content (AvgIpc) is 2.92. The van der Waals surface area contributed by atoms with Gasteiger partial charge in [0.25, 0.3) is 0 Å². The van der Waals surface area contributed by atoms with E-state index in [4.69, 9.17) is 4.74 Å². The Morgan fingerprint density at radius 3 is 1.86 bits per heavy atom. The number of ether oxygens (including phenoxy) is 1. The van der Waals surface area contributed by atoms with Gasteiger partial charge < -0.3 is 4.74 Å². The second-order valence-electron chi connectivity index (χ2n) is 11.2. The summed E-state index contributed by atoms with van der Waals surface area (Å²) in [5, 5.41) is 0. The van der Waals surface area contributed by atoms with E-state index in [1.807, 2.05) is 12.4 Å². The number of aromatic nitrogens is 2. The molecule has 0 radical (unpaired) electrons. The maximum atomic E-state index is 6.04. The van der Waals surface area contributed by atoms with Gasteiger partial charge in [0.2, 0.25) is 0 Å². The number of nitrogens with zero attached hydrogens (tertiary/aromatic N) is 2. The first-order valence-electron chi connectivity index (χ1n) is 15.3. The van der Waals surface area contributed by atoms with E-state index in [0.717, 1.165) is 48.4 Å². The van der Waals surface area contributed by atoms with E-state index in [-0.39, 0.29) is 0 Å². The van der Waals surface area contributed by atoms with Gasteiger partial charge in [-0.2, -0.15) is 0 Å². The zero-order chi connectivity index (χ0) is 25.3. The zero-order valence-electron chi connectivity index (χ0n) is 23.4. The summed E-state index contributed by atoms with van der Waals surface area (Å²) in [7, 11) is 0. The molecule has 3 heteroatoms. The molecule has 1 aromatic heterocycles. The van der Waals surface area contributed by atoms with Gasteiger partial charge in [-0.05, 0) is 67.3 Å². The lowest BCUT2D eigenvalue weighted by molar-refractivity contribution is 0.228. The highest BCUT2D eigenvalue weighted by atomic mass is 16.5. The Bertz CT molecular complexity index is 793. The van der Waals surface area contributed by atoms with Crippen molar-refractivity contribution in [2.24, 2.45) is 11.8 Å². The molecule has 0 unspecified atom stereocenters. The number of hydrogen-bond donors (Lipinski definition) is 0. The Hall–Kier alpha value is -1.90. The van der Waals surface area contributed by atoms with E-state index in [0.29, 0.717) is 0 Å². The van der Waals surface area contributed by atoms with Crippen LogP contribution < -0.4 is 4.74 Å². The molecule has 1 aromatic carbocycles. The third-order valence-electron chi connectivity index (χ3n) is 8.09. The summed E-state index contributed by atoms with van der Waals surface area (Å²) < 4.78 is 6.04. The van der Waals surface area contributed by atoms with Gasteiger partial charge in [-0.1, -0.05) is 104 Å². The largest absolute Gasteiger partial charge is 0.494 e. The molecule has 0 saturated heterocycles. The van der Waals surface area contributed by atoms with Crippen LogP contribution in [0.2, 0.25) is 0 Å². The second-order valence-corrected chi connectivity index (χ2v) is 11.2. The van der Waals surface area contributed by atoms with Gasteiger partial charge in [0.15, 0.2) is 5.82 Å². The summed E-state index contributed by atoms with van der Waals surface area (Å²) in [5.41, 5.74) is 2.28. The number of aryl methyl sites for hydroxylation is 1. The summed E-state index contributed by atoms with van der Waals surface area (Å²) in [6.45, 7) is 5.35. The average molecular weight is 493 g/mol. The lowest BCUT2D eigenvalue weighted by Gasteiger charge is -2.28. The standard InChI is InChI=1S/C33H52N2O/c1-3-5-7-8-9-10-12-14-28-17-19-29(20-18-28)16-13-25-36-32-23-21-31(22-24-32)33-34-26-30(27-35-33)15-11-6-4-2/h21-24,26-29H,3-20,25H2,1-2H3/t28-,29-. The van der Waals surface area contributed by atoms with E-state index in [1.165, 1.54) is 108 Å². The first kappa shape index (κ1) is 28.7. The molecule has 1 heterocycles. The van der Waals surface area contributed by atoms with Crippen molar-refractivity contribution in [3.8, 4) is 17.1 Å². The smallest absolute Gasteiger partial charge is 0.159 e. The van der Waals surface area contributed by atoms with Crippen LogP contribution in [0.5, 0.6) is 5.75 Å². The van der Waals surface area contributed by atoms with Gasteiger partial charge in [0, 0.05) is 18.0 Å². The molecule has 3 rings (SSSR count). The third-order valence-corrected chi connectivity index (χ3v) is 8.09. The summed E-state index contributed by atoms with van der Waals surface area (Å²) in [6.07, 6.45) is 28.6. The highest BCUT2D eigenvalue weighted by molar-refractivity contribution is 5.55. The first-order chi connectivity index (χ1) is 17.8. The van der Waals surface area contributed by atoms with Crippen molar-refractivity contribution >= 4 is 0 Å². The van der Waals surface area contributed by atoms with E-state index in [9.17, 15) is 0 Å². The highest BCUT2D eigenvalue weighted by Gasteiger charge is 2.20. The van der Waals surface area contributed by atoms with Crippen molar-refractivity contribution in [2.75, 3.05) is 6.61 Å². The van der Waals surface area contributed by atoms with Crippen LogP contribution in [0.1, 0.15) is 129 Å². The summed E-state index contributed by atoms with van der Waals surface area (Å²) in [6, 6.07) is 8.27. The molecule has 2 aromatic rings. The molecule has 3 nitrogen and oxygen atoms in total. The van der Waals surface area contributed by atoms with Crippen LogP contribution in [-0.2, 0) is 6.42 Å². The maximum Gasteiger partial charge on any atom is 0.159 e. The monoisotopic (exact) mass is 492 g/mol. The molecular weight excluding hydrogens is 440 g/mol. The van der Waals surface area contributed by atoms with Gasteiger partial charge >= 0.3 is 0 Å². The van der Waals surface area contributed by atoms with Crippen molar-refractivity contribution in [1.82, 2.24) is 9.97 Å². The number of unbranched alkanes of at least 4 members (excludes halogenated alkanes) is 8. The summed E-state index contributed by atoms with van der Waals surface area (Å²) >= 11 is 0. The Labute approximate surface area is 221 Å². The van der Waals surface area contributed by atoms with Gasteiger partial charge in [0.1, 0.15) is 5.75 Å². The molecule has 0 amide bonds. The number of benzene rings is 1. The molecule has 36 heavy (non-hydrogen) atoms. The van der Waals surface area contributed by atoms with E-state index in [1.54, 1.807) is 0 Å². The fourth-order valence-electron chi connectivity index (χ4n) is 5.67. The molecule has 0 N–H and O–H groups in total. The predicted octanol–water partition coefficient (Wildman–Crippen LogP) is 9.98. The predicted molar refractivity (Wildman–Crippen MR) is 153 cm³/mol. The second kappa shape index (κ2) is 17.5. The SMILES string of the molecule is CCCCCCCCC[C@H]1CC[C@H](CCCOc2ccc(-c3ncc(CCCCC)cn3)cc2)CC1. The maximum absolute atomic E-state index is 6.04. The van der Waals surface area contributed by atoms with Crippen molar-refractivity contribution in [2.45, 2.75) is 129 Å². The molecule has 0 bridgehead atoms. The Morgan fingerprint density at radius 2 is 1.22 bits per heavy atom. The van der Waals surface area contributed by atoms with Crippen LogP contribution in [0.3, 0.4) is 0 Å². The molecule has 1 aliphatic rings. The Morgan fingerprint density at radius 1 is 0.667 bits per heavy atom. The van der Waals surface area contributed by atoms with Crippen LogP contribution in [0, 0.1) is 11.8 Å². The van der Waals surface area contributed by atoms with E-state index >= 15 is 0 Å². The quantitative estimate of drug-likeness (QED) is 0.194. The summed E-state index contributed by atoms with van der Waals surface area (Å²) in [4.78, 5) is 9.14. The fourth-order valence-corrected chi connectivity index (χ4v) is 5.67. The minimum atomic E-state index is 0.795. The highest BCUT2D eigenvalue weighted by Crippen LogP contribution is 2.34. The first-order valence-corrected chi connectivity index (χ1v) is 15.3. The van der Waals surface area contributed by atoms with Crippen molar-refractivity contribution in [3.63, 3.8) is 0 Å². The minimum Gasteiger partial charge on any atom is -0.494 e. The van der Waals surface area contributed by atoms with Gasteiger partial charge in [-0.25, -0.2) is 9.97 Å². The van der Waals surface area contributed by atoms with Crippen molar-refractivity contribution in [1.29, 1.82) is 0 Å². The zero-order valence-corrected chi connectivity index (χ0v) is 23.4.